The lowest BCUT2D eigenvalue weighted by atomic mass is 10.2. The molecule has 9 heteroatoms. The van der Waals surface area contributed by atoms with Crippen LogP contribution >= 0.6 is 35.3 Å². The fourth-order valence-electron chi connectivity index (χ4n) is 3.03. The Kier molecular flexibility index (Phi) is 9.52. The Morgan fingerprint density at radius 2 is 2.15 bits per heavy atom. The van der Waals surface area contributed by atoms with Crippen LogP contribution in [0.4, 0.5) is 0 Å². The summed E-state index contributed by atoms with van der Waals surface area (Å²) in [5, 5.41) is 13.2. The molecule has 2 N–H and O–H groups in total. The molecule has 1 unspecified atom stereocenters. The van der Waals surface area contributed by atoms with Crippen LogP contribution in [-0.4, -0.2) is 60.0 Å². The van der Waals surface area contributed by atoms with E-state index in [-0.39, 0.29) is 24.0 Å². The van der Waals surface area contributed by atoms with Crippen LogP contribution in [0.2, 0.25) is 0 Å². The lowest BCUT2D eigenvalue weighted by Crippen LogP contribution is -2.46. The first-order valence-electron chi connectivity index (χ1n) is 9.12. The molecule has 0 bridgehead atoms. The van der Waals surface area contributed by atoms with Gasteiger partial charge in [0.15, 0.2) is 5.96 Å². The van der Waals surface area contributed by atoms with Crippen molar-refractivity contribution in [3.05, 3.63) is 40.3 Å². The van der Waals surface area contributed by atoms with E-state index in [1.54, 1.807) is 6.20 Å². The van der Waals surface area contributed by atoms with Crippen molar-refractivity contribution >= 4 is 41.3 Å². The molecule has 2 aromatic rings. The third-order valence-corrected chi connectivity index (χ3v) is 5.46. The Morgan fingerprint density at radius 1 is 1.33 bits per heavy atom. The van der Waals surface area contributed by atoms with Crippen LogP contribution in [0.3, 0.4) is 0 Å². The number of morpholine rings is 1. The standard InChI is InChI=1S/C18H28N6OS.HI/c1-3-19-18(20-13-15-6-7-22-23(15)2)21-14-16(17-5-4-12-26-17)24-8-10-25-11-9-24;/h4-7,12,16H,3,8-11,13-14H2,1-2H3,(H2,19,20,21);1H. The molecule has 0 saturated carbocycles. The normalized spacial score (nSPS) is 16.6. The highest BCUT2D eigenvalue weighted by Crippen LogP contribution is 2.25. The first-order valence-corrected chi connectivity index (χ1v) is 10.00. The van der Waals surface area contributed by atoms with Gasteiger partial charge in [0.2, 0.25) is 0 Å². The average Bonchev–Trinajstić information content (AvgIpc) is 3.33. The molecule has 0 aliphatic carbocycles. The molecule has 0 radical (unpaired) electrons. The Hall–Kier alpha value is -1.17. The third-order valence-electron chi connectivity index (χ3n) is 4.49. The molecule has 1 saturated heterocycles. The largest absolute Gasteiger partial charge is 0.379 e. The summed E-state index contributed by atoms with van der Waals surface area (Å²) >= 11 is 1.81. The smallest absolute Gasteiger partial charge is 0.191 e. The SMILES string of the molecule is CCNC(=NCc1ccnn1C)NCC(c1cccs1)N1CCOCC1.I. The van der Waals surface area contributed by atoms with E-state index >= 15 is 0 Å². The second kappa shape index (κ2) is 11.6. The van der Waals surface area contributed by atoms with Gasteiger partial charge >= 0.3 is 0 Å². The molecule has 0 amide bonds. The number of guanidine groups is 1. The van der Waals surface area contributed by atoms with Crippen molar-refractivity contribution in [3.63, 3.8) is 0 Å². The Balaban J connectivity index is 0.00000261. The van der Waals surface area contributed by atoms with Gasteiger partial charge in [-0.15, -0.1) is 35.3 Å². The summed E-state index contributed by atoms with van der Waals surface area (Å²) in [6.45, 7) is 7.87. The maximum atomic E-state index is 5.52. The van der Waals surface area contributed by atoms with Gasteiger partial charge in [0, 0.05) is 44.3 Å². The van der Waals surface area contributed by atoms with Crippen LogP contribution in [0.15, 0.2) is 34.8 Å². The van der Waals surface area contributed by atoms with Crippen molar-refractivity contribution < 1.29 is 4.74 Å². The van der Waals surface area contributed by atoms with Gasteiger partial charge in [0.25, 0.3) is 0 Å². The van der Waals surface area contributed by atoms with E-state index in [1.807, 2.05) is 29.1 Å². The predicted molar refractivity (Wildman–Crippen MR) is 121 cm³/mol. The molecule has 27 heavy (non-hydrogen) atoms. The van der Waals surface area contributed by atoms with Gasteiger partial charge < -0.3 is 15.4 Å². The lowest BCUT2D eigenvalue weighted by molar-refractivity contribution is 0.0177. The summed E-state index contributed by atoms with van der Waals surface area (Å²) in [5.41, 5.74) is 1.09. The molecule has 0 aromatic carbocycles. The number of nitrogens with one attached hydrogen (secondary N) is 2. The van der Waals surface area contributed by atoms with E-state index in [2.05, 4.69) is 45.1 Å². The Bertz CT molecular complexity index is 684. The molecule has 7 nitrogen and oxygen atoms in total. The lowest BCUT2D eigenvalue weighted by Gasteiger charge is -2.34. The van der Waals surface area contributed by atoms with Gasteiger partial charge in [-0.25, -0.2) is 4.99 Å². The van der Waals surface area contributed by atoms with Crippen LogP contribution in [0, 0.1) is 0 Å². The van der Waals surface area contributed by atoms with Crippen LogP contribution < -0.4 is 10.6 Å². The molecule has 1 aliphatic heterocycles. The monoisotopic (exact) mass is 504 g/mol. The van der Waals surface area contributed by atoms with Crippen molar-refractivity contribution in [3.8, 4) is 0 Å². The van der Waals surface area contributed by atoms with Crippen molar-refractivity contribution in [2.75, 3.05) is 39.4 Å². The van der Waals surface area contributed by atoms with Gasteiger partial charge in [-0.3, -0.25) is 9.58 Å². The summed E-state index contributed by atoms with van der Waals surface area (Å²) in [6.07, 6.45) is 1.80. The first kappa shape index (κ1) is 22.1. The zero-order valence-electron chi connectivity index (χ0n) is 15.9. The maximum Gasteiger partial charge on any atom is 0.191 e. The van der Waals surface area contributed by atoms with Gasteiger partial charge in [-0.1, -0.05) is 6.07 Å². The minimum absolute atomic E-state index is 0. The van der Waals surface area contributed by atoms with Crippen molar-refractivity contribution in [1.82, 2.24) is 25.3 Å². The molecule has 150 valence electrons. The fourth-order valence-corrected chi connectivity index (χ4v) is 3.89. The summed E-state index contributed by atoms with van der Waals surface area (Å²) in [4.78, 5) is 8.58. The highest BCUT2D eigenvalue weighted by Gasteiger charge is 2.23. The number of halogens is 1. The average molecular weight is 504 g/mol. The molecular formula is C18H29IN6OS. The number of aromatic nitrogens is 2. The number of hydrogen-bond acceptors (Lipinski definition) is 5. The number of aliphatic imine (C=N–C) groups is 1. The van der Waals surface area contributed by atoms with E-state index in [9.17, 15) is 0 Å². The molecule has 1 atom stereocenters. The summed E-state index contributed by atoms with van der Waals surface area (Å²) in [7, 11) is 1.94. The minimum atomic E-state index is 0. The minimum Gasteiger partial charge on any atom is -0.379 e. The Labute approximate surface area is 182 Å². The van der Waals surface area contributed by atoms with E-state index in [0.717, 1.165) is 51.0 Å². The fraction of sp³-hybridized carbons (Fsp3) is 0.556. The van der Waals surface area contributed by atoms with E-state index in [1.165, 1.54) is 4.88 Å². The summed E-state index contributed by atoms with van der Waals surface area (Å²) in [5.74, 6) is 0.837. The van der Waals surface area contributed by atoms with Gasteiger partial charge in [-0.2, -0.15) is 5.10 Å². The molecule has 3 rings (SSSR count). The van der Waals surface area contributed by atoms with Crippen molar-refractivity contribution in [2.45, 2.75) is 19.5 Å². The first-order chi connectivity index (χ1) is 12.8. The van der Waals surface area contributed by atoms with Crippen molar-refractivity contribution in [2.24, 2.45) is 12.0 Å². The number of nitrogens with zero attached hydrogens (tertiary/aromatic N) is 4. The highest BCUT2D eigenvalue weighted by atomic mass is 127. The quantitative estimate of drug-likeness (QED) is 0.344. The second-order valence-corrected chi connectivity index (χ2v) is 7.18. The molecule has 1 fully saturated rings. The summed E-state index contributed by atoms with van der Waals surface area (Å²) in [6, 6.07) is 6.66. The third kappa shape index (κ3) is 6.44. The van der Waals surface area contributed by atoms with Crippen LogP contribution in [0.1, 0.15) is 23.5 Å². The number of ether oxygens (including phenoxy) is 1. The van der Waals surface area contributed by atoms with Crippen LogP contribution in [0.5, 0.6) is 0 Å². The second-order valence-electron chi connectivity index (χ2n) is 6.20. The number of rotatable bonds is 7. The van der Waals surface area contributed by atoms with Gasteiger partial charge in [0.1, 0.15) is 0 Å². The molecule has 1 aliphatic rings. The molecular weight excluding hydrogens is 475 g/mol. The van der Waals surface area contributed by atoms with Gasteiger partial charge in [0.05, 0.1) is 31.5 Å². The molecule has 2 aromatic heterocycles. The van der Waals surface area contributed by atoms with Crippen LogP contribution in [-0.2, 0) is 18.3 Å². The van der Waals surface area contributed by atoms with E-state index in [0.29, 0.717) is 12.6 Å². The topological polar surface area (TPSA) is 66.7 Å². The summed E-state index contributed by atoms with van der Waals surface area (Å²) < 4.78 is 7.38. The van der Waals surface area contributed by atoms with E-state index < -0.39 is 0 Å². The zero-order valence-corrected chi connectivity index (χ0v) is 19.1. The number of hydrogen-bond donors (Lipinski definition) is 2. The molecule has 3 heterocycles. The predicted octanol–water partition coefficient (Wildman–Crippen LogP) is 2.23. The van der Waals surface area contributed by atoms with Crippen molar-refractivity contribution in [1.29, 1.82) is 0 Å². The van der Waals surface area contributed by atoms with Gasteiger partial charge in [-0.05, 0) is 24.4 Å². The Morgan fingerprint density at radius 3 is 2.78 bits per heavy atom. The van der Waals surface area contributed by atoms with E-state index in [4.69, 9.17) is 9.73 Å². The molecule has 0 spiro atoms. The number of thiophene rings is 1. The zero-order chi connectivity index (χ0) is 18.2. The van der Waals surface area contributed by atoms with Crippen LogP contribution in [0.25, 0.3) is 0 Å². The maximum absolute atomic E-state index is 5.52. The number of aryl methyl sites for hydroxylation is 1. The highest BCUT2D eigenvalue weighted by molar-refractivity contribution is 14.0.